The summed E-state index contributed by atoms with van der Waals surface area (Å²) in [5, 5.41) is 4.48. The van der Waals surface area contributed by atoms with Crippen LogP contribution in [-0.4, -0.2) is 28.8 Å². The molecular weight excluding hydrogens is 352 g/mol. The molecule has 140 valence electrons. The van der Waals surface area contributed by atoms with Gasteiger partial charge in [0.25, 0.3) is 0 Å². The van der Waals surface area contributed by atoms with Gasteiger partial charge in [-0.2, -0.15) is 5.10 Å². The number of nitrogens with zero attached hydrogens (tertiary/aromatic N) is 3. The van der Waals surface area contributed by atoms with Crippen molar-refractivity contribution in [3.8, 4) is 0 Å². The van der Waals surface area contributed by atoms with Gasteiger partial charge in [-0.25, -0.2) is 22.6 Å². The van der Waals surface area contributed by atoms with Crippen LogP contribution in [0.15, 0.2) is 34.0 Å². The highest BCUT2D eigenvalue weighted by Gasteiger charge is 2.28. The van der Waals surface area contributed by atoms with E-state index in [1.807, 2.05) is 6.07 Å². The van der Waals surface area contributed by atoms with E-state index in [-0.39, 0.29) is 11.7 Å². The van der Waals surface area contributed by atoms with Crippen molar-refractivity contribution in [1.29, 1.82) is 0 Å². The highest BCUT2D eigenvalue weighted by molar-refractivity contribution is 7.89. The molecule has 1 unspecified atom stereocenters. The Hall–Kier alpha value is -1.93. The summed E-state index contributed by atoms with van der Waals surface area (Å²) < 4.78 is 31.5. The van der Waals surface area contributed by atoms with Gasteiger partial charge in [0.15, 0.2) is 0 Å². The van der Waals surface area contributed by atoms with E-state index in [9.17, 15) is 13.2 Å². The maximum Gasteiger partial charge on any atom is 0.345 e. The molecule has 2 heterocycles. The fourth-order valence-corrected chi connectivity index (χ4v) is 5.10. The molecule has 4 rings (SSSR count). The third-order valence-electron chi connectivity index (χ3n) is 5.25. The molecule has 1 aromatic heterocycles. The molecule has 1 N–H and O–H groups in total. The first-order valence-corrected chi connectivity index (χ1v) is 10.7. The molecule has 26 heavy (non-hydrogen) atoms. The van der Waals surface area contributed by atoms with Crippen LogP contribution in [0.5, 0.6) is 0 Å². The first-order valence-electron chi connectivity index (χ1n) is 9.18. The zero-order valence-electron chi connectivity index (χ0n) is 14.9. The molecule has 7 nitrogen and oxygen atoms in total. The van der Waals surface area contributed by atoms with Crippen molar-refractivity contribution in [2.24, 2.45) is 5.92 Å². The lowest BCUT2D eigenvalue weighted by Crippen LogP contribution is -2.36. The molecule has 1 aliphatic carbocycles. The molecule has 0 bridgehead atoms. The number of rotatable bonds is 5. The van der Waals surface area contributed by atoms with Gasteiger partial charge in [0.05, 0.1) is 4.90 Å². The third kappa shape index (κ3) is 3.48. The summed E-state index contributed by atoms with van der Waals surface area (Å²) >= 11 is 0. The molecule has 0 saturated heterocycles. The molecule has 1 aromatic carbocycles. The van der Waals surface area contributed by atoms with Gasteiger partial charge < -0.3 is 0 Å². The van der Waals surface area contributed by atoms with E-state index in [0.29, 0.717) is 43.2 Å². The number of benzene rings is 1. The standard InChI is InChI=1S/C18H24N4O3S/c1-13-4-2-3-5-16(13)26(24,25)20-15-8-9-17-19-22(12-14-6-7-14)18(23)21(17)11-10-15/h2-5,14-15,20H,6-12H2,1H3. The Balaban J connectivity index is 1.48. The van der Waals surface area contributed by atoms with Crippen LogP contribution in [0, 0.1) is 12.8 Å². The van der Waals surface area contributed by atoms with Gasteiger partial charge >= 0.3 is 5.69 Å². The average Bonchev–Trinajstić information content (AvgIpc) is 3.38. The number of hydrogen-bond acceptors (Lipinski definition) is 4. The van der Waals surface area contributed by atoms with E-state index < -0.39 is 10.0 Å². The Morgan fingerprint density at radius 1 is 1.19 bits per heavy atom. The van der Waals surface area contributed by atoms with Gasteiger partial charge in [-0.15, -0.1) is 0 Å². The van der Waals surface area contributed by atoms with E-state index in [1.165, 1.54) is 12.8 Å². The quantitative estimate of drug-likeness (QED) is 0.856. The average molecular weight is 376 g/mol. The Morgan fingerprint density at radius 2 is 1.96 bits per heavy atom. The minimum absolute atomic E-state index is 0.0608. The first-order chi connectivity index (χ1) is 12.4. The zero-order chi connectivity index (χ0) is 18.3. The lowest BCUT2D eigenvalue weighted by atomic mass is 10.1. The normalized spacial score (nSPS) is 20.6. The van der Waals surface area contributed by atoms with E-state index in [0.717, 1.165) is 11.4 Å². The van der Waals surface area contributed by atoms with Gasteiger partial charge in [0, 0.05) is 25.6 Å². The van der Waals surface area contributed by atoms with Crippen molar-refractivity contribution in [1.82, 2.24) is 19.1 Å². The van der Waals surface area contributed by atoms with Crippen LogP contribution in [0.1, 0.15) is 37.1 Å². The van der Waals surface area contributed by atoms with Crippen molar-refractivity contribution in [2.75, 3.05) is 0 Å². The summed E-state index contributed by atoms with van der Waals surface area (Å²) in [5.41, 5.74) is 0.666. The molecule has 8 heteroatoms. The monoisotopic (exact) mass is 376 g/mol. The molecule has 0 radical (unpaired) electrons. The van der Waals surface area contributed by atoms with Crippen LogP contribution in [-0.2, 0) is 29.5 Å². The predicted molar refractivity (Wildman–Crippen MR) is 97.4 cm³/mol. The Labute approximate surface area is 153 Å². The van der Waals surface area contributed by atoms with E-state index in [4.69, 9.17) is 0 Å². The number of sulfonamides is 1. The van der Waals surface area contributed by atoms with Gasteiger partial charge in [-0.1, -0.05) is 18.2 Å². The van der Waals surface area contributed by atoms with Crippen LogP contribution in [0.3, 0.4) is 0 Å². The number of aromatic nitrogens is 3. The van der Waals surface area contributed by atoms with Gasteiger partial charge in [0.1, 0.15) is 5.82 Å². The van der Waals surface area contributed by atoms with Crippen LogP contribution >= 0.6 is 0 Å². The summed E-state index contributed by atoms with van der Waals surface area (Å²) in [5.74, 6) is 1.37. The molecule has 1 atom stereocenters. The van der Waals surface area contributed by atoms with Crippen molar-refractivity contribution in [2.45, 2.75) is 63.1 Å². The minimum Gasteiger partial charge on any atom is -0.279 e. The van der Waals surface area contributed by atoms with Crippen LogP contribution < -0.4 is 10.4 Å². The maximum absolute atomic E-state index is 12.7. The van der Waals surface area contributed by atoms with Gasteiger partial charge in [-0.3, -0.25) is 4.57 Å². The molecular formula is C18H24N4O3S. The van der Waals surface area contributed by atoms with Crippen molar-refractivity contribution in [3.63, 3.8) is 0 Å². The van der Waals surface area contributed by atoms with Crippen LogP contribution in [0.2, 0.25) is 0 Å². The summed E-state index contributed by atoms with van der Waals surface area (Å²) in [6, 6.07) is 6.77. The molecule has 2 aromatic rings. The third-order valence-corrected chi connectivity index (χ3v) is 6.93. The number of nitrogens with one attached hydrogen (secondary N) is 1. The lowest BCUT2D eigenvalue weighted by molar-refractivity contribution is 0.478. The Morgan fingerprint density at radius 3 is 2.69 bits per heavy atom. The Bertz CT molecular complexity index is 973. The highest BCUT2D eigenvalue weighted by Crippen LogP contribution is 2.30. The van der Waals surface area contributed by atoms with Gasteiger partial charge in [-0.05, 0) is 50.2 Å². The van der Waals surface area contributed by atoms with Crippen molar-refractivity contribution < 1.29 is 8.42 Å². The maximum atomic E-state index is 12.7. The number of aryl methyl sites for hydroxylation is 2. The van der Waals surface area contributed by atoms with Crippen LogP contribution in [0.25, 0.3) is 0 Å². The largest absolute Gasteiger partial charge is 0.345 e. The topological polar surface area (TPSA) is 86.0 Å². The van der Waals surface area contributed by atoms with Gasteiger partial charge in [0.2, 0.25) is 10.0 Å². The molecule has 1 fully saturated rings. The van der Waals surface area contributed by atoms with Crippen molar-refractivity contribution in [3.05, 3.63) is 46.1 Å². The summed E-state index contributed by atoms with van der Waals surface area (Å²) in [4.78, 5) is 12.8. The van der Waals surface area contributed by atoms with E-state index in [1.54, 1.807) is 34.4 Å². The SMILES string of the molecule is Cc1ccccc1S(=O)(=O)NC1CCc2nn(CC3CC3)c(=O)n2CC1. The summed E-state index contributed by atoms with van der Waals surface area (Å²) in [6.45, 7) is 3.00. The smallest absolute Gasteiger partial charge is 0.279 e. The lowest BCUT2D eigenvalue weighted by Gasteiger charge is -2.17. The number of fused-ring (bicyclic) bond motifs is 1. The second-order valence-corrected chi connectivity index (χ2v) is 9.07. The summed E-state index contributed by atoms with van der Waals surface area (Å²) in [6.07, 6.45) is 4.20. The van der Waals surface area contributed by atoms with Crippen molar-refractivity contribution >= 4 is 10.0 Å². The Kier molecular flexibility index (Phi) is 4.48. The molecule has 2 aliphatic rings. The second-order valence-electron chi connectivity index (χ2n) is 7.39. The fraction of sp³-hybridized carbons (Fsp3) is 0.556. The highest BCUT2D eigenvalue weighted by atomic mass is 32.2. The summed E-state index contributed by atoms with van der Waals surface area (Å²) in [7, 11) is -3.57. The predicted octanol–water partition coefficient (Wildman–Crippen LogP) is 1.45. The van der Waals surface area contributed by atoms with E-state index in [2.05, 4.69) is 9.82 Å². The second kappa shape index (κ2) is 6.66. The molecule has 0 amide bonds. The van der Waals surface area contributed by atoms with Crippen LogP contribution in [0.4, 0.5) is 0 Å². The molecule has 0 spiro atoms. The van der Waals surface area contributed by atoms with E-state index >= 15 is 0 Å². The molecule has 1 saturated carbocycles. The minimum atomic E-state index is -3.57. The first kappa shape index (κ1) is 17.5. The fourth-order valence-electron chi connectivity index (χ4n) is 3.55. The molecule has 1 aliphatic heterocycles. The zero-order valence-corrected chi connectivity index (χ0v) is 15.7. The number of hydrogen-bond donors (Lipinski definition) is 1.